The molecule has 0 saturated heterocycles. The molecule has 0 atom stereocenters. The highest BCUT2D eigenvalue weighted by Crippen LogP contribution is 2.31. The molecule has 1 aliphatic rings. The van der Waals surface area contributed by atoms with E-state index in [2.05, 4.69) is 10.5 Å². The van der Waals surface area contributed by atoms with Gasteiger partial charge in [0, 0.05) is 35.3 Å². The molecule has 0 fully saturated rings. The third-order valence-electron chi connectivity index (χ3n) is 5.79. The minimum Gasteiger partial charge on any atom is -0.455 e. The van der Waals surface area contributed by atoms with E-state index in [0.717, 1.165) is 28.8 Å². The van der Waals surface area contributed by atoms with Crippen molar-refractivity contribution >= 4 is 23.2 Å². The molecule has 1 aromatic heterocycles. The van der Waals surface area contributed by atoms with E-state index in [9.17, 15) is 14.0 Å². The van der Waals surface area contributed by atoms with Crippen molar-refractivity contribution in [3.05, 3.63) is 88.1 Å². The van der Waals surface area contributed by atoms with E-state index in [0.29, 0.717) is 42.2 Å². The SMILES string of the molecule is CCN(C(=O)c1oc2c(c1C)/C(=N/NC(=O)c1ccc(F)cc1)CCC2)c1cccc(C)c1. The molecule has 7 heteroatoms. The molecular weight excluding hydrogens is 421 g/mol. The Balaban J connectivity index is 1.62. The number of carbonyl (C=O) groups is 2. The van der Waals surface area contributed by atoms with E-state index in [4.69, 9.17) is 4.42 Å². The number of nitrogens with zero attached hydrogens (tertiary/aromatic N) is 2. The predicted molar refractivity (Wildman–Crippen MR) is 125 cm³/mol. The Morgan fingerprint density at radius 1 is 1.12 bits per heavy atom. The van der Waals surface area contributed by atoms with Gasteiger partial charge in [-0.05, 0) is 75.6 Å². The number of hydrogen-bond acceptors (Lipinski definition) is 4. The Kier molecular flexibility index (Phi) is 6.40. The quantitative estimate of drug-likeness (QED) is 0.548. The van der Waals surface area contributed by atoms with Gasteiger partial charge in [-0.25, -0.2) is 9.82 Å². The van der Waals surface area contributed by atoms with Crippen LogP contribution >= 0.6 is 0 Å². The van der Waals surface area contributed by atoms with Crippen LogP contribution in [0, 0.1) is 19.7 Å². The number of fused-ring (bicyclic) bond motifs is 1. The monoisotopic (exact) mass is 447 g/mol. The molecule has 4 rings (SSSR count). The number of furan rings is 1. The molecule has 1 N–H and O–H groups in total. The van der Waals surface area contributed by atoms with Crippen LogP contribution in [-0.2, 0) is 6.42 Å². The first-order valence-electron chi connectivity index (χ1n) is 11.0. The van der Waals surface area contributed by atoms with Crippen molar-refractivity contribution in [3.63, 3.8) is 0 Å². The Morgan fingerprint density at radius 3 is 2.58 bits per heavy atom. The number of hydrogen-bond donors (Lipinski definition) is 1. The number of halogens is 1. The maximum atomic E-state index is 13.4. The summed E-state index contributed by atoms with van der Waals surface area (Å²) in [5.74, 6) is -0.0406. The zero-order chi connectivity index (χ0) is 23.5. The van der Waals surface area contributed by atoms with Gasteiger partial charge in [0.1, 0.15) is 11.6 Å². The molecule has 0 radical (unpaired) electrons. The van der Waals surface area contributed by atoms with Gasteiger partial charge < -0.3 is 9.32 Å². The van der Waals surface area contributed by atoms with Gasteiger partial charge in [0.25, 0.3) is 11.8 Å². The zero-order valence-electron chi connectivity index (χ0n) is 18.9. The smallest absolute Gasteiger partial charge is 0.294 e. The number of benzene rings is 2. The zero-order valence-corrected chi connectivity index (χ0v) is 18.9. The fourth-order valence-electron chi connectivity index (χ4n) is 4.13. The third-order valence-corrected chi connectivity index (χ3v) is 5.79. The summed E-state index contributed by atoms with van der Waals surface area (Å²) in [5, 5.41) is 4.33. The van der Waals surface area contributed by atoms with E-state index >= 15 is 0 Å². The minimum absolute atomic E-state index is 0.204. The Bertz CT molecular complexity index is 1230. The van der Waals surface area contributed by atoms with Gasteiger partial charge in [0.15, 0.2) is 5.76 Å². The summed E-state index contributed by atoms with van der Waals surface area (Å²) >= 11 is 0. The fourth-order valence-corrected chi connectivity index (χ4v) is 4.13. The van der Waals surface area contributed by atoms with Gasteiger partial charge in [-0.15, -0.1) is 0 Å². The second kappa shape index (κ2) is 9.40. The van der Waals surface area contributed by atoms with Crippen LogP contribution in [0.3, 0.4) is 0 Å². The average molecular weight is 448 g/mol. The summed E-state index contributed by atoms with van der Waals surface area (Å²) in [4.78, 5) is 27.5. The topological polar surface area (TPSA) is 74.9 Å². The van der Waals surface area contributed by atoms with Crippen molar-refractivity contribution in [2.45, 2.75) is 40.0 Å². The molecular formula is C26H26FN3O3. The molecule has 0 aliphatic heterocycles. The van der Waals surface area contributed by atoms with Crippen LogP contribution in [0.25, 0.3) is 0 Å². The Hall–Kier alpha value is -3.74. The first-order valence-corrected chi connectivity index (χ1v) is 11.0. The van der Waals surface area contributed by atoms with Gasteiger partial charge in [0.05, 0.1) is 5.71 Å². The van der Waals surface area contributed by atoms with Crippen molar-refractivity contribution in [3.8, 4) is 0 Å². The molecule has 2 aromatic carbocycles. The second-order valence-electron chi connectivity index (χ2n) is 8.10. The Labute approximate surface area is 192 Å². The highest BCUT2D eigenvalue weighted by Gasteiger charge is 2.30. The molecule has 170 valence electrons. The normalized spacial score (nSPS) is 14.1. The Morgan fingerprint density at radius 2 is 1.88 bits per heavy atom. The minimum atomic E-state index is -0.427. The lowest BCUT2D eigenvalue weighted by molar-refractivity contribution is 0.0949. The molecule has 6 nitrogen and oxygen atoms in total. The first kappa shape index (κ1) is 22.5. The van der Waals surface area contributed by atoms with E-state index in [1.165, 1.54) is 24.3 Å². The van der Waals surface area contributed by atoms with E-state index < -0.39 is 11.7 Å². The largest absolute Gasteiger partial charge is 0.455 e. The summed E-state index contributed by atoms with van der Waals surface area (Å²) in [6, 6.07) is 13.1. The third kappa shape index (κ3) is 4.58. The number of nitrogens with one attached hydrogen (secondary N) is 1. The summed E-state index contributed by atoms with van der Waals surface area (Å²) in [6.07, 6.45) is 2.15. The predicted octanol–water partition coefficient (Wildman–Crippen LogP) is 5.17. The van der Waals surface area contributed by atoms with Crippen molar-refractivity contribution in [1.82, 2.24) is 5.43 Å². The molecule has 0 bridgehead atoms. The first-order chi connectivity index (χ1) is 15.9. The standard InChI is InChI=1S/C26H26FN3O3/c1-4-30(20-8-5-7-16(2)15-20)26(32)24-17(3)23-21(9-6-10-22(23)33-24)28-29-25(31)18-11-13-19(27)14-12-18/h5,7-8,11-15H,4,6,9-10H2,1-3H3,(H,29,31)/b28-21+. The van der Waals surface area contributed by atoms with Crippen LogP contribution in [0.15, 0.2) is 58.0 Å². The number of rotatable bonds is 5. The summed E-state index contributed by atoms with van der Waals surface area (Å²) in [6.45, 7) is 6.27. The van der Waals surface area contributed by atoms with E-state index in [1.807, 2.05) is 45.0 Å². The maximum absolute atomic E-state index is 13.4. The average Bonchev–Trinajstić information content (AvgIpc) is 3.15. The molecule has 2 amide bonds. The van der Waals surface area contributed by atoms with Gasteiger partial charge in [0.2, 0.25) is 0 Å². The molecule has 3 aromatic rings. The molecule has 1 heterocycles. The van der Waals surface area contributed by atoms with Gasteiger partial charge in [-0.3, -0.25) is 9.59 Å². The molecule has 1 aliphatic carbocycles. The lowest BCUT2D eigenvalue weighted by atomic mass is 9.93. The number of hydrazone groups is 1. The van der Waals surface area contributed by atoms with Crippen LogP contribution in [0.5, 0.6) is 0 Å². The maximum Gasteiger partial charge on any atom is 0.294 e. The van der Waals surface area contributed by atoms with Crippen LogP contribution in [0.2, 0.25) is 0 Å². The summed E-state index contributed by atoms with van der Waals surface area (Å²) in [7, 11) is 0. The van der Waals surface area contributed by atoms with Gasteiger partial charge in [-0.2, -0.15) is 5.10 Å². The molecule has 0 saturated carbocycles. The van der Waals surface area contributed by atoms with Crippen LogP contribution < -0.4 is 10.3 Å². The van der Waals surface area contributed by atoms with Crippen molar-refractivity contribution in [2.75, 3.05) is 11.4 Å². The number of carbonyl (C=O) groups excluding carboxylic acids is 2. The number of aryl methyl sites for hydroxylation is 2. The van der Waals surface area contributed by atoms with Crippen LogP contribution in [0.1, 0.15) is 63.1 Å². The summed E-state index contributed by atoms with van der Waals surface area (Å²) in [5.41, 5.74) is 6.92. The highest BCUT2D eigenvalue weighted by atomic mass is 19.1. The van der Waals surface area contributed by atoms with Gasteiger partial charge in [-0.1, -0.05) is 12.1 Å². The molecule has 0 unspecified atom stereocenters. The van der Waals surface area contributed by atoms with Crippen molar-refractivity contribution in [1.29, 1.82) is 0 Å². The lowest BCUT2D eigenvalue weighted by Gasteiger charge is -2.20. The van der Waals surface area contributed by atoms with Crippen LogP contribution in [0.4, 0.5) is 10.1 Å². The van der Waals surface area contributed by atoms with Crippen LogP contribution in [-0.4, -0.2) is 24.1 Å². The van der Waals surface area contributed by atoms with E-state index in [-0.39, 0.29) is 5.91 Å². The van der Waals surface area contributed by atoms with E-state index in [1.54, 1.807) is 4.90 Å². The number of amides is 2. The molecule has 33 heavy (non-hydrogen) atoms. The summed E-state index contributed by atoms with van der Waals surface area (Å²) < 4.78 is 19.2. The number of anilines is 1. The van der Waals surface area contributed by atoms with Crippen molar-refractivity contribution < 1.29 is 18.4 Å². The van der Waals surface area contributed by atoms with Crippen molar-refractivity contribution in [2.24, 2.45) is 5.10 Å². The highest BCUT2D eigenvalue weighted by molar-refractivity contribution is 6.10. The fraction of sp³-hybridized carbons (Fsp3) is 0.269. The lowest BCUT2D eigenvalue weighted by Crippen LogP contribution is -2.31. The van der Waals surface area contributed by atoms with Gasteiger partial charge >= 0.3 is 0 Å². The second-order valence-corrected chi connectivity index (χ2v) is 8.10. The molecule has 0 spiro atoms.